The fourth-order valence-electron chi connectivity index (χ4n) is 0.887. The Bertz CT molecular complexity index is 250. The second kappa shape index (κ2) is 8.89. The highest BCUT2D eigenvalue weighted by atomic mass is 16.6. The zero-order valence-electron chi connectivity index (χ0n) is 11.7. The molecule has 1 amide bonds. The summed E-state index contributed by atoms with van der Waals surface area (Å²) < 4.78 is 5.02. The molecule has 0 bridgehead atoms. The Balaban J connectivity index is 0. The smallest absolute Gasteiger partial charge is 0.407 e. The highest BCUT2D eigenvalue weighted by Gasteiger charge is 2.20. The van der Waals surface area contributed by atoms with Crippen molar-refractivity contribution in [1.82, 2.24) is 5.32 Å². The van der Waals surface area contributed by atoms with Crippen LogP contribution in [-0.2, 0) is 4.74 Å². The van der Waals surface area contributed by atoms with Gasteiger partial charge in [-0.2, -0.15) is 0 Å². The second-order valence-corrected chi connectivity index (χ2v) is 4.41. The van der Waals surface area contributed by atoms with Gasteiger partial charge in [-0.05, 0) is 27.7 Å². The van der Waals surface area contributed by atoms with Gasteiger partial charge in [-0.1, -0.05) is 13.8 Å². The molecule has 2 atom stereocenters. The van der Waals surface area contributed by atoms with E-state index in [2.05, 4.69) is 11.2 Å². The monoisotopic (exact) mass is 243 g/mol. The van der Waals surface area contributed by atoms with Gasteiger partial charge in [0, 0.05) is 6.42 Å². The summed E-state index contributed by atoms with van der Waals surface area (Å²) in [5, 5.41) is 12.0. The van der Waals surface area contributed by atoms with E-state index in [0.29, 0.717) is 0 Å². The number of ether oxygens (including phenoxy) is 1. The van der Waals surface area contributed by atoms with Gasteiger partial charge < -0.3 is 15.2 Å². The van der Waals surface area contributed by atoms with E-state index in [1.165, 1.54) is 0 Å². The number of aliphatic hydroxyl groups is 1. The quantitative estimate of drug-likeness (QED) is 0.748. The molecule has 0 aromatic heterocycles. The average molecular weight is 243 g/mol. The van der Waals surface area contributed by atoms with E-state index >= 15 is 0 Å². The minimum absolute atomic E-state index is 0.205. The van der Waals surface area contributed by atoms with Gasteiger partial charge in [-0.3, -0.25) is 0 Å². The fraction of sp³-hybridized carbons (Fsp3) is 0.769. The third-order valence-electron chi connectivity index (χ3n) is 1.65. The van der Waals surface area contributed by atoms with Crippen LogP contribution in [0.1, 0.15) is 48.0 Å². The maximum absolute atomic E-state index is 11.3. The van der Waals surface area contributed by atoms with Gasteiger partial charge in [0.05, 0.1) is 12.1 Å². The number of amides is 1. The highest BCUT2D eigenvalue weighted by molar-refractivity contribution is 5.68. The van der Waals surface area contributed by atoms with Crippen molar-refractivity contribution in [2.24, 2.45) is 0 Å². The summed E-state index contributed by atoms with van der Waals surface area (Å²) in [5.74, 6) is 2.33. The van der Waals surface area contributed by atoms with E-state index in [-0.39, 0.29) is 6.42 Å². The van der Waals surface area contributed by atoms with Crippen LogP contribution >= 0.6 is 0 Å². The van der Waals surface area contributed by atoms with Gasteiger partial charge >= 0.3 is 6.09 Å². The van der Waals surface area contributed by atoms with Crippen molar-refractivity contribution in [2.75, 3.05) is 0 Å². The molecule has 0 aromatic rings. The van der Waals surface area contributed by atoms with E-state index in [9.17, 15) is 9.90 Å². The number of hydrogen-bond acceptors (Lipinski definition) is 3. The first-order valence-corrected chi connectivity index (χ1v) is 5.87. The lowest BCUT2D eigenvalue weighted by atomic mass is 10.1. The molecule has 0 aliphatic heterocycles. The standard InChI is InChI=1S/C11H19NO3.C2H6/c1-6-7-9(13)8(2)12-10(14)15-11(3,4)5;1-2/h1,8-9,13H,7H2,2-5H3,(H,12,14);1-2H3. The number of aliphatic hydroxyl groups excluding tert-OH is 1. The van der Waals surface area contributed by atoms with Gasteiger partial charge in [0.2, 0.25) is 0 Å². The number of rotatable bonds is 3. The third-order valence-corrected chi connectivity index (χ3v) is 1.65. The number of terminal acetylenes is 1. The number of carbonyl (C=O) groups excluding carboxylic acids is 1. The molecule has 0 heterocycles. The molecule has 2 N–H and O–H groups in total. The lowest BCUT2D eigenvalue weighted by Crippen LogP contribution is -2.43. The molecule has 0 aromatic carbocycles. The lowest BCUT2D eigenvalue weighted by Gasteiger charge is -2.23. The molecule has 0 spiro atoms. The first-order valence-electron chi connectivity index (χ1n) is 5.87. The zero-order chi connectivity index (χ0) is 14.1. The first kappa shape index (κ1) is 18.2. The van der Waals surface area contributed by atoms with Crippen LogP contribution in [0.4, 0.5) is 4.79 Å². The Kier molecular flexibility index (Phi) is 9.49. The zero-order valence-corrected chi connectivity index (χ0v) is 11.7. The molecule has 0 rings (SSSR count). The molecule has 4 heteroatoms. The van der Waals surface area contributed by atoms with Crippen LogP contribution in [0.3, 0.4) is 0 Å². The minimum Gasteiger partial charge on any atom is -0.444 e. The van der Waals surface area contributed by atoms with Crippen molar-refractivity contribution in [3.63, 3.8) is 0 Å². The number of alkyl carbamates (subject to hydrolysis) is 1. The Hall–Kier alpha value is -1.21. The van der Waals surface area contributed by atoms with Gasteiger partial charge in [-0.25, -0.2) is 4.79 Å². The predicted molar refractivity (Wildman–Crippen MR) is 69.6 cm³/mol. The summed E-state index contributed by atoms with van der Waals surface area (Å²) in [4.78, 5) is 11.3. The molecular weight excluding hydrogens is 218 g/mol. The van der Waals surface area contributed by atoms with Gasteiger partial charge in [-0.15, -0.1) is 12.3 Å². The Morgan fingerprint density at radius 2 is 1.94 bits per heavy atom. The van der Waals surface area contributed by atoms with Crippen molar-refractivity contribution < 1.29 is 14.6 Å². The molecule has 4 nitrogen and oxygen atoms in total. The SMILES string of the molecule is C#CCC(O)C(C)NC(=O)OC(C)(C)C.CC. The van der Waals surface area contributed by atoms with Gasteiger partial charge in [0.1, 0.15) is 5.60 Å². The molecular formula is C13H25NO3. The van der Waals surface area contributed by atoms with Crippen molar-refractivity contribution in [1.29, 1.82) is 0 Å². The summed E-state index contributed by atoms with van der Waals surface area (Å²) in [6.45, 7) is 11.0. The molecule has 2 unspecified atom stereocenters. The van der Waals surface area contributed by atoms with Crippen LogP contribution in [0.5, 0.6) is 0 Å². The normalized spacial score (nSPS) is 13.5. The maximum atomic E-state index is 11.3. The maximum Gasteiger partial charge on any atom is 0.407 e. The summed E-state index contributed by atoms with van der Waals surface area (Å²) in [7, 11) is 0. The Morgan fingerprint density at radius 3 is 2.29 bits per heavy atom. The molecule has 0 radical (unpaired) electrons. The molecule has 100 valence electrons. The topological polar surface area (TPSA) is 58.6 Å². The average Bonchev–Trinajstić information content (AvgIpc) is 2.18. The largest absolute Gasteiger partial charge is 0.444 e. The Morgan fingerprint density at radius 1 is 1.47 bits per heavy atom. The van der Waals surface area contributed by atoms with Crippen LogP contribution in [0, 0.1) is 12.3 Å². The first-order chi connectivity index (χ1) is 7.76. The number of carbonyl (C=O) groups is 1. The highest BCUT2D eigenvalue weighted by Crippen LogP contribution is 2.07. The van der Waals surface area contributed by atoms with Crippen molar-refractivity contribution >= 4 is 6.09 Å². The summed E-state index contributed by atoms with van der Waals surface area (Å²) in [6.07, 6.45) is 3.95. The van der Waals surface area contributed by atoms with E-state index in [0.717, 1.165) is 0 Å². The van der Waals surface area contributed by atoms with Crippen LogP contribution in [0.15, 0.2) is 0 Å². The molecule has 17 heavy (non-hydrogen) atoms. The molecule has 0 saturated heterocycles. The van der Waals surface area contributed by atoms with Crippen molar-refractivity contribution in [2.45, 2.75) is 65.7 Å². The van der Waals surface area contributed by atoms with E-state index < -0.39 is 23.8 Å². The third kappa shape index (κ3) is 11.1. The Labute approximate surface area is 105 Å². The van der Waals surface area contributed by atoms with Crippen LogP contribution in [0.25, 0.3) is 0 Å². The van der Waals surface area contributed by atoms with Crippen LogP contribution in [0.2, 0.25) is 0 Å². The summed E-state index contributed by atoms with van der Waals surface area (Å²) >= 11 is 0. The van der Waals surface area contributed by atoms with Gasteiger partial charge in [0.25, 0.3) is 0 Å². The number of hydrogen-bond donors (Lipinski definition) is 2. The van der Waals surface area contributed by atoms with E-state index in [4.69, 9.17) is 11.2 Å². The second-order valence-electron chi connectivity index (χ2n) is 4.41. The van der Waals surface area contributed by atoms with E-state index in [1.807, 2.05) is 13.8 Å². The minimum atomic E-state index is -0.748. The van der Waals surface area contributed by atoms with Crippen LogP contribution < -0.4 is 5.32 Å². The van der Waals surface area contributed by atoms with Crippen LogP contribution in [-0.4, -0.2) is 28.9 Å². The molecule has 0 aliphatic rings. The van der Waals surface area contributed by atoms with Crippen molar-refractivity contribution in [3.05, 3.63) is 0 Å². The molecule has 0 aliphatic carbocycles. The summed E-state index contributed by atoms with van der Waals surface area (Å²) in [5.41, 5.74) is -0.541. The van der Waals surface area contributed by atoms with Crippen molar-refractivity contribution in [3.8, 4) is 12.3 Å². The van der Waals surface area contributed by atoms with E-state index in [1.54, 1.807) is 27.7 Å². The number of nitrogens with one attached hydrogen (secondary N) is 1. The summed E-state index contributed by atoms with van der Waals surface area (Å²) in [6, 6.07) is -0.420. The fourth-order valence-corrected chi connectivity index (χ4v) is 0.887. The molecule has 0 saturated carbocycles. The predicted octanol–water partition coefficient (Wildman–Crippen LogP) is 2.31. The molecule has 0 fully saturated rings. The van der Waals surface area contributed by atoms with Gasteiger partial charge in [0.15, 0.2) is 0 Å². The lowest BCUT2D eigenvalue weighted by molar-refractivity contribution is 0.0440.